The van der Waals surface area contributed by atoms with Crippen LogP contribution >= 0.6 is 11.8 Å². The van der Waals surface area contributed by atoms with E-state index in [1.807, 2.05) is 19.3 Å². The van der Waals surface area contributed by atoms with Gasteiger partial charge in [0.1, 0.15) is 0 Å². The third kappa shape index (κ3) is 3.91. The van der Waals surface area contributed by atoms with E-state index in [2.05, 4.69) is 29.1 Å². The van der Waals surface area contributed by atoms with Crippen molar-refractivity contribution in [1.82, 2.24) is 15.3 Å². The van der Waals surface area contributed by atoms with Crippen molar-refractivity contribution in [3.8, 4) is 0 Å². The molecule has 19 heavy (non-hydrogen) atoms. The van der Waals surface area contributed by atoms with E-state index >= 15 is 0 Å². The molecular weight excluding hydrogens is 258 g/mol. The third-order valence-electron chi connectivity index (χ3n) is 3.43. The Kier molecular flexibility index (Phi) is 4.81. The molecule has 1 aliphatic rings. The Balaban J connectivity index is 2.01. The topological polar surface area (TPSA) is 58.0 Å². The fraction of sp³-hybridized carbons (Fsp3) is 0.714. The van der Waals surface area contributed by atoms with E-state index in [4.69, 9.17) is 0 Å². The molecule has 1 aliphatic carbocycles. The number of aryl methyl sites for hydroxylation is 1. The van der Waals surface area contributed by atoms with Crippen LogP contribution in [-0.2, 0) is 0 Å². The van der Waals surface area contributed by atoms with E-state index < -0.39 is 0 Å². The van der Waals surface area contributed by atoms with Crippen molar-refractivity contribution in [2.24, 2.45) is 5.92 Å². The molecule has 106 valence electrons. The molecule has 0 amide bonds. The van der Waals surface area contributed by atoms with Crippen molar-refractivity contribution >= 4 is 11.8 Å². The molecule has 1 saturated carbocycles. The molecule has 1 fully saturated rings. The normalized spacial score (nSPS) is 18.6. The molecular formula is C14H23N3OS. The molecule has 0 aromatic carbocycles. The molecule has 2 rings (SSSR count). The quantitative estimate of drug-likeness (QED) is 0.591. The van der Waals surface area contributed by atoms with Crippen LogP contribution in [0.15, 0.2) is 17.6 Å². The first-order valence-corrected chi connectivity index (χ1v) is 7.84. The standard InChI is InChI=1S/C14H23N3OS/c1-10(2)17-14(8-18,12-4-5-12)9-19-13-15-6-11(3)7-16-13/h6-7,10,12,17-18H,4-5,8-9H2,1-3H3. The Morgan fingerprint density at radius 2 is 2.05 bits per heavy atom. The number of thioether (sulfide) groups is 1. The van der Waals surface area contributed by atoms with Gasteiger partial charge in [-0.25, -0.2) is 9.97 Å². The average molecular weight is 281 g/mol. The maximum atomic E-state index is 9.84. The van der Waals surface area contributed by atoms with Crippen LogP contribution in [0.5, 0.6) is 0 Å². The Morgan fingerprint density at radius 1 is 1.42 bits per heavy atom. The summed E-state index contributed by atoms with van der Waals surface area (Å²) in [5, 5.41) is 14.2. The van der Waals surface area contributed by atoms with Gasteiger partial charge < -0.3 is 10.4 Å². The Bertz CT molecular complexity index is 406. The average Bonchev–Trinajstić information content (AvgIpc) is 3.20. The SMILES string of the molecule is Cc1cnc(SCC(CO)(NC(C)C)C2CC2)nc1. The highest BCUT2D eigenvalue weighted by molar-refractivity contribution is 7.99. The Labute approximate surface area is 119 Å². The maximum Gasteiger partial charge on any atom is 0.187 e. The zero-order valence-electron chi connectivity index (χ0n) is 11.9. The van der Waals surface area contributed by atoms with Crippen molar-refractivity contribution < 1.29 is 5.11 Å². The molecule has 0 saturated heterocycles. The van der Waals surface area contributed by atoms with Crippen molar-refractivity contribution in [3.05, 3.63) is 18.0 Å². The number of nitrogens with one attached hydrogen (secondary N) is 1. The van der Waals surface area contributed by atoms with Gasteiger partial charge >= 0.3 is 0 Å². The minimum Gasteiger partial charge on any atom is -0.394 e. The zero-order valence-corrected chi connectivity index (χ0v) is 12.7. The van der Waals surface area contributed by atoms with Gasteiger partial charge in [-0.05, 0) is 31.2 Å². The second-order valence-electron chi connectivity index (χ2n) is 5.72. The Hall–Kier alpha value is -0.650. The van der Waals surface area contributed by atoms with Gasteiger partial charge in [0, 0.05) is 24.2 Å². The summed E-state index contributed by atoms with van der Waals surface area (Å²) < 4.78 is 0. The number of nitrogens with zero attached hydrogens (tertiary/aromatic N) is 2. The second kappa shape index (κ2) is 6.20. The first-order valence-electron chi connectivity index (χ1n) is 6.86. The lowest BCUT2D eigenvalue weighted by Gasteiger charge is -2.35. The van der Waals surface area contributed by atoms with Gasteiger partial charge in [0.15, 0.2) is 5.16 Å². The van der Waals surface area contributed by atoms with E-state index in [-0.39, 0.29) is 12.1 Å². The molecule has 1 atom stereocenters. The summed E-state index contributed by atoms with van der Waals surface area (Å²) in [6.07, 6.45) is 6.08. The minimum atomic E-state index is -0.187. The molecule has 2 N–H and O–H groups in total. The summed E-state index contributed by atoms with van der Waals surface area (Å²) in [6.45, 7) is 6.41. The van der Waals surface area contributed by atoms with Gasteiger partial charge in [-0.15, -0.1) is 0 Å². The van der Waals surface area contributed by atoms with Gasteiger partial charge in [0.25, 0.3) is 0 Å². The van der Waals surface area contributed by atoms with Gasteiger partial charge in [-0.3, -0.25) is 0 Å². The predicted molar refractivity (Wildman–Crippen MR) is 78.3 cm³/mol. The van der Waals surface area contributed by atoms with Crippen LogP contribution in [0.3, 0.4) is 0 Å². The zero-order chi connectivity index (χ0) is 13.9. The van der Waals surface area contributed by atoms with Crippen LogP contribution < -0.4 is 5.32 Å². The summed E-state index contributed by atoms with van der Waals surface area (Å²) in [5.74, 6) is 1.40. The largest absolute Gasteiger partial charge is 0.394 e. The van der Waals surface area contributed by atoms with Crippen LogP contribution in [0.1, 0.15) is 32.3 Å². The van der Waals surface area contributed by atoms with E-state index in [0.717, 1.165) is 16.5 Å². The molecule has 0 radical (unpaired) electrons. The number of hydrogen-bond donors (Lipinski definition) is 2. The highest BCUT2D eigenvalue weighted by atomic mass is 32.2. The second-order valence-corrected chi connectivity index (χ2v) is 6.66. The van der Waals surface area contributed by atoms with Crippen LogP contribution in [0.4, 0.5) is 0 Å². The Morgan fingerprint density at radius 3 is 2.53 bits per heavy atom. The molecule has 0 aliphatic heterocycles. The van der Waals surface area contributed by atoms with E-state index in [9.17, 15) is 5.11 Å². The molecule has 1 unspecified atom stereocenters. The van der Waals surface area contributed by atoms with Crippen molar-refractivity contribution in [1.29, 1.82) is 0 Å². The lowest BCUT2D eigenvalue weighted by atomic mass is 9.95. The highest BCUT2D eigenvalue weighted by Crippen LogP contribution is 2.42. The van der Waals surface area contributed by atoms with Gasteiger partial charge in [0.05, 0.1) is 12.1 Å². The number of aliphatic hydroxyl groups excluding tert-OH is 1. The summed E-state index contributed by atoms with van der Waals surface area (Å²) in [7, 11) is 0. The minimum absolute atomic E-state index is 0.175. The molecule has 1 aromatic heterocycles. The fourth-order valence-corrected chi connectivity index (χ4v) is 3.41. The first-order chi connectivity index (χ1) is 9.05. The maximum absolute atomic E-state index is 9.84. The van der Waals surface area contributed by atoms with Crippen molar-refractivity contribution in [2.75, 3.05) is 12.4 Å². The molecule has 5 heteroatoms. The first kappa shape index (κ1) is 14.8. The predicted octanol–water partition coefficient (Wildman–Crippen LogP) is 2.02. The van der Waals surface area contributed by atoms with Crippen LogP contribution in [0.25, 0.3) is 0 Å². The summed E-state index contributed by atoms with van der Waals surface area (Å²) >= 11 is 1.63. The number of hydrogen-bond acceptors (Lipinski definition) is 5. The van der Waals surface area contributed by atoms with E-state index in [1.54, 1.807) is 11.8 Å². The number of aliphatic hydroxyl groups is 1. The van der Waals surface area contributed by atoms with Crippen LogP contribution in [-0.4, -0.2) is 39.0 Å². The molecule has 1 heterocycles. The van der Waals surface area contributed by atoms with E-state index in [1.165, 1.54) is 12.8 Å². The number of aromatic nitrogens is 2. The van der Waals surface area contributed by atoms with Gasteiger partial charge in [-0.2, -0.15) is 0 Å². The lowest BCUT2D eigenvalue weighted by Crippen LogP contribution is -2.55. The highest BCUT2D eigenvalue weighted by Gasteiger charge is 2.45. The molecule has 1 aromatic rings. The summed E-state index contributed by atoms with van der Waals surface area (Å²) in [4.78, 5) is 8.63. The fourth-order valence-electron chi connectivity index (χ4n) is 2.36. The molecule has 0 bridgehead atoms. The molecule has 4 nitrogen and oxygen atoms in total. The van der Waals surface area contributed by atoms with E-state index in [0.29, 0.717) is 12.0 Å². The molecule has 0 spiro atoms. The summed E-state index contributed by atoms with van der Waals surface area (Å²) in [6, 6.07) is 0.368. The van der Waals surface area contributed by atoms with Crippen LogP contribution in [0.2, 0.25) is 0 Å². The number of rotatable bonds is 7. The smallest absolute Gasteiger partial charge is 0.187 e. The summed E-state index contributed by atoms with van der Waals surface area (Å²) in [5.41, 5.74) is 0.882. The van der Waals surface area contributed by atoms with Gasteiger partial charge in [-0.1, -0.05) is 25.6 Å². The monoisotopic (exact) mass is 281 g/mol. The van der Waals surface area contributed by atoms with Crippen molar-refractivity contribution in [2.45, 2.75) is 50.4 Å². The van der Waals surface area contributed by atoms with Crippen molar-refractivity contribution in [3.63, 3.8) is 0 Å². The lowest BCUT2D eigenvalue weighted by molar-refractivity contribution is 0.150. The third-order valence-corrected chi connectivity index (χ3v) is 4.56. The van der Waals surface area contributed by atoms with Crippen LogP contribution in [0, 0.1) is 12.8 Å². The van der Waals surface area contributed by atoms with Gasteiger partial charge in [0.2, 0.25) is 0 Å².